The first-order valence-corrected chi connectivity index (χ1v) is 19.1. The molecule has 0 spiro atoms. The van der Waals surface area contributed by atoms with Crippen molar-refractivity contribution < 1.29 is 4.42 Å². The number of pyridine rings is 1. The van der Waals surface area contributed by atoms with Crippen LogP contribution in [-0.2, 0) is 0 Å². The van der Waals surface area contributed by atoms with Gasteiger partial charge in [0.1, 0.15) is 11.2 Å². The topological polar surface area (TPSA) is 26.0 Å². The van der Waals surface area contributed by atoms with Crippen LogP contribution in [0, 0.1) is 0 Å². The number of fused-ring (bicyclic) bond motifs is 8. The van der Waals surface area contributed by atoms with E-state index in [4.69, 9.17) is 9.40 Å². The maximum atomic E-state index is 6.65. The molecular weight excluding hydrogens is 675 g/mol. The Kier molecular flexibility index (Phi) is 7.07. The lowest BCUT2D eigenvalue weighted by Crippen LogP contribution is -1.94. The number of thiophene rings is 1. The monoisotopic (exact) mass is 705 g/mol. The van der Waals surface area contributed by atoms with Gasteiger partial charge >= 0.3 is 0 Å². The van der Waals surface area contributed by atoms with Crippen LogP contribution in [0.4, 0.5) is 0 Å². The molecule has 0 radical (unpaired) electrons. The van der Waals surface area contributed by atoms with E-state index in [1.54, 1.807) is 0 Å². The molecular formula is C51H31NOS. The zero-order valence-corrected chi connectivity index (χ0v) is 30.0. The number of hydrogen-bond acceptors (Lipinski definition) is 3. The molecule has 0 saturated heterocycles. The standard InChI is InChI=1S/C51H31NOS/c1-3-14-32(15-4-1)35-26-36(33-16-5-2-6-17-33)28-38(27-35)45-29-37(40-23-13-19-34-18-7-8-20-39(34)40)30-46(52-45)44-31-43-41-21-9-11-24-47(41)53-50(43)49-42-22-10-12-25-48(42)54-51(44)49/h1-31H. The van der Waals surface area contributed by atoms with Crippen LogP contribution in [0.5, 0.6) is 0 Å². The van der Waals surface area contributed by atoms with Gasteiger partial charge in [0, 0.05) is 42.1 Å². The Balaban J connectivity index is 1.24. The minimum atomic E-state index is 0.894. The SMILES string of the molecule is c1ccc(-c2cc(-c3ccccc3)cc(-c3cc(-c4cccc5ccccc45)cc(-c4cc5c6ccccc6oc5c5c4sc4ccccc45)n3)c2)cc1. The summed E-state index contributed by atoms with van der Waals surface area (Å²) in [5.41, 5.74) is 12.8. The molecule has 0 aliphatic carbocycles. The number of nitrogens with zero attached hydrogens (tertiary/aromatic N) is 1. The lowest BCUT2D eigenvalue weighted by Gasteiger charge is -2.15. The van der Waals surface area contributed by atoms with Crippen molar-refractivity contribution in [3.05, 3.63) is 188 Å². The molecule has 11 aromatic rings. The van der Waals surface area contributed by atoms with E-state index in [1.165, 1.54) is 42.2 Å². The molecule has 3 heteroatoms. The Bertz CT molecular complexity index is 3150. The fraction of sp³-hybridized carbons (Fsp3) is 0. The predicted molar refractivity (Wildman–Crippen MR) is 229 cm³/mol. The summed E-state index contributed by atoms with van der Waals surface area (Å²) < 4.78 is 9.07. The van der Waals surface area contributed by atoms with Crippen molar-refractivity contribution in [1.82, 2.24) is 4.98 Å². The molecule has 0 unspecified atom stereocenters. The normalized spacial score (nSPS) is 11.7. The number of para-hydroxylation sites is 1. The lowest BCUT2D eigenvalue weighted by molar-refractivity contribution is 0.673. The van der Waals surface area contributed by atoms with Gasteiger partial charge in [-0.1, -0.05) is 140 Å². The summed E-state index contributed by atoms with van der Waals surface area (Å²) in [5.74, 6) is 0. The summed E-state index contributed by atoms with van der Waals surface area (Å²) in [7, 11) is 0. The van der Waals surface area contributed by atoms with Gasteiger partial charge in [-0.2, -0.15) is 0 Å². The molecule has 3 heterocycles. The Labute approximate surface area is 316 Å². The van der Waals surface area contributed by atoms with Gasteiger partial charge in [-0.15, -0.1) is 11.3 Å². The molecule has 0 atom stereocenters. The van der Waals surface area contributed by atoms with Crippen molar-refractivity contribution >= 4 is 64.2 Å². The molecule has 0 fully saturated rings. The van der Waals surface area contributed by atoms with Gasteiger partial charge < -0.3 is 4.42 Å². The van der Waals surface area contributed by atoms with Crippen molar-refractivity contribution in [2.75, 3.05) is 0 Å². The van der Waals surface area contributed by atoms with Gasteiger partial charge in [-0.25, -0.2) is 4.98 Å². The molecule has 2 nitrogen and oxygen atoms in total. The minimum Gasteiger partial charge on any atom is -0.455 e. The molecule has 0 N–H and O–H groups in total. The molecule has 0 aliphatic heterocycles. The lowest BCUT2D eigenvalue weighted by atomic mass is 9.92. The third kappa shape index (κ3) is 5.05. The summed E-state index contributed by atoms with van der Waals surface area (Å²) in [6, 6.07) is 67.3. The second-order valence-electron chi connectivity index (χ2n) is 13.9. The number of benzene rings is 8. The van der Waals surface area contributed by atoms with Gasteiger partial charge in [0.25, 0.3) is 0 Å². The van der Waals surface area contributed by atoms with Gasteiger partial charge in [-0.05, 0) is 92.7 Å². The second-order valence-corrected chi connectivity index (χ2v) is 14.9. The molecule has 0 bridgehead atoms. The van der Waals surface area contributed by atoms with Crippen molar-refractivity contribution in [3.8, 4) is 55.9 Å². The predicted octanol–water partition coefficient (Wildman–Crippen LogP) is 14.8. The van der Waals surface area contributed by atoms with Crippen molar-refractivity contribution in [2.24, 2.45) is 0 Å². The van der Waals surface area contributed by atoms with Gasteiger partial charge in [-0.3, -0.25) is 0 Å². The molecule has 0 saturated carbocycles. The van der Waals surface area contributed by atoms with Crippen LogP contribution >= 0.6 is 11.3 Å². The fourth-order valence-electron chi connectivity index (χ4n) is 8.07. The first kappa shape index (κ1) is 30.8. The zero-order valence-electron chi connectivity index (χ0n) is 29.2. The van der Waals surface area contributed by atoms with Gasteiger partial charge in [0.15, 0.2) is 0 Å². The van der Waals surface area contributed by atoms with E-state index in [1.807, 2.05) is 17.4 Å². The fourth-order valence-corrected chi connectivity index (χ4v) is 9.30. The summed E-state index contributed by atoms with van der Waals surface area (Å²) in [5, 5.41) is 7.00. The van der Waals surface area contributed by atoms with E-state index in [9.17, 15) is 0 Å². The number of furan rings is 1. The Morgan fingerprint density at radius 3 is 1.78 bits per heavy atom. The van der Waals surface area contributed by atoms with E-state index in [0.717, 1.165) is 66.5 Å². The highest BCUT2D eigenvalue weighted by molar-refractivity contribution is 7.26. The van der Waals surface area contributed by atoms with E-state index in [2.05, 4.69) is 182 Å². The first-order valence-electron chi connectivity index (χ1n) is 18.3. The molecule has 3 aromatic heterocycles. The summed E-state index contributed by atoms with van der Waals surface area (Å²) in [6.07, 6.45) is 0. The van der Waals surface area contributed by atoms with Crippen LogP contribution < -0.4 is 0 Å². The van der Waals surface area contributed by atoms with Crippen molar-refractivity contribution in [2.45, 2.75) is 0 Å². The molecule has 54 heavy (non-hydrogen) atoms. The Hall–Kier alpha value is -6.81. The highest BCUT2D eigenvalue weighted by atomic mass is 32.1. The third-order valence-corrected chi connectivity index (χ3v) is 11.8. The highest BCUT2D eigenvalue weighted by Crippen LogP contribution is 2.47. The molecule has 0 amide bonds. The van der Waals surface area contributed by atoms with Crippen molar-refractivity contribution in [3.63, 3.8) is 0 Å². The van der Waals surface area contributed by atoms with Gasteiger partial charge in [0.2, 0.25) is 0 Å². The number of hydrogen-bond donors (Lipinski definition) is 0. The maximum absolute atomic E-state index is 6.65. The second kappa shape index (κ2) is 12.4. The smallest absolute Gasteiger partial charge is 0.144 e. The van der Waals surface area contributed by atoms with E-state index < -0.39 is 0 Å². The first-order chi connectivity index (χ1) is 26.7. The average Bonchev–Trinajstić information content (AvgIpc) is 3.82. The highest BCUT2D eigenvalue weighted by Gasteiger charge is 2.21. The quantitative estimate of drug-likeness (QED) is 0.178. The maximum Gasteiger partial charge on any atom is 0.144 e. The summed E-state index contributed by atoms with van der Waals surface area (Å²) in [4.78, 5) is 5.62. The molecule has 8 aromatic carbocycles. The largest absolute Gasteiger partial charge is 0.455 e. The van der Waals surface area contributed by atoms with Crippen LogP contribution in [0.15, 0.2) is 192 Å². The van der Waals surface area contributed by atoms with Crippen LogP contribution in [0.1, 0.15) is 0 Å². The van der Waals surface area contributed by atoms with E-state index >= 15 is 0 Å². The third-order valence-electron chi connectivity index (χ3n) is 10.6. The summed E-state index contributed by atoms with van der Waals surface area (Å²) in [6.45, 7) is 0. The minimum absolute atomic E-state index is 0.894. The zero-order chi connectivity index (χ0) is 35.6. The van der Waals surface area contributed by atoms with E-state index in [-0.39, 0.29) is 0 Å². The van der Waals surface area contributed by atoms with Crippen LogP contribution in [0.2, 0.25) is 0 Å². The molecule has 11 rings (SSSR count). The van der Waals surface area contributed by atoms with E-state index in [0.29, 0.717) is 0 Å². The summed E-state index contributed by atoms with van der Waals surface area (Å²) >= 11 is 1.81. The Morgan fingerprint density at radius 2 is 1.00 bits per heavy atom. The van der Waals surface area contributed by atoms with Crippen LogP contribution in [0.25, 0.3) is 109 Å². The van der Waals surface area contributed by atoms with Crippen LogP contribution in [0.3, 0.4) is 0 Å². The molecule has 252 valence electrons. The van der Waals surface area contributed by atoms with Gasteiger partial charge in [0.05, 0.1) is 11.4 Å². The van der Waals surface area contributed by atoms with Crippen molar-refractivity contribution in [1.29, 1.82) is 0 Å². The molecule has 0 aliphatic rings. The number of aromatic nitrogens is 1. The number of rotatable bonds is 5. The Morgan fingerprint density at radius 1 is 0.389 bits per heavy atom. The average molecular weight is 706 g/mol. The van der Waals surface area contributed by atoms with Crippen LogP contribution in [-0.4, -0.2) is 4.98 Å².